The molecule has 1 unspecified atom stereocenters. The van der Waals surface area contributed by atoms with Gasteiger partial charge >= 0.3 is 8.56 Å². The summed E-state index contributed by atoms with van der Waals surface area (Å²) in [6.45, 7) is 25.4. The molecule has 6 heteroatoms. The van der Waals surface area contributed by atoms with Crippen LogP contribution in [0.5, 0.6) is 0 Å². The first-order chi connectivity index (χ1) is 12.9. The van der Waals surface area contributed by atoms with Crippen LogP contribution in [-0.2, 0) is 8.85 Å². The maximum absolute atomic E-state index is 6.63. The zero-order chi connectivity index (χ0) is 21.1. The van der Waals surface area contributed by atoms with Gasteiger partial charge < -0.3 is 13.1 Å². The fourth-order valence-corrected chi connectivity index (χ4v) is 25.3. The van der Waals surface area contributed by atoms with Crippen LogP contribution in [-0.4, -0.2) is 48.1 Å². The normalized spacial score (nSPS) is 14.8. The summed E-state index contributed by atoms with van der Waals surface area (Å²) in [5.74, 6) is 0. The van der Waals surface area contributed by atoms with E-state index in [1.807, 2.05) is 0 Å². The Bertz CT molecular complexity index is 345. The molecule has 0 aromatic heterocycles. The van der Waals surface area contributed by atoms with Crippen LogP contribution in [0.2, 0.25) is 42.3 Å². The molecule has 0 aliphatic carbocycles. The third-order valence-corrected chi connectivity index (χ3v) is 25.6. The highest BCUT2D eigenvalue weighted by Crippen LogP contribution is 2.41. The van der Waals surface area contributed by atoms with Gasteiger partial charge in [-0.05, 0) is 62.6 Å². The van der Waals surface area contributed by atoms with Gasteiger partial charge in [0.2, 0.25) is 0 Å². The first-order valence-corrected chi connectivity index (χ1v) is 19.2. The molecule has 0 heterocycles. The first-order valence-electron chi connectivity index (χ1n) is 11.9. The molecule has 0 spiro atoms. The Labute approximate surface area is 175 Å². The van der Waals surface area contributed by atoms with Crippen LogP contribution in [0.3, 0.4) is 0 Å². The Morgan fingerprint density at radius 3 is 1.07 bits per heavy atom. The quantitative estimate of drug-likeness (QED) is 0.241. The average Bonchev–Trinajstić information content (AvgIpc) is 2.71. The van der Waals surface area contributed by atoms with Crippen LogP contribution in [0.1, 0.15) is 75.7 Å². The molecule has 0 fully saturated rings. The summed E-state index contributed by atoms with van der Waals surface area (Å²) in [7, 11) is -5.37. The number of rotatable bonds is 16. The SMILES string of the molecule is CCO[Si](CC)(OCC)C(CC)N([Si](CC)(CC)CC)[Si](CC)(CC)CC. The van der Waals surface area contributed by atoms with Crippen LogP contribution in [0.4, 0.5) is 0 Å². The molecule has 0 aromatic carbocycles. The van der Waals surface area contributed by atoms with Crippen LogP contribution >= 0.6 is 0 Å². The molecule has 0 radical (unpaired) electrons. The molecule has 164 valence electrons. The molecule has 0 aliphatic heterocycles. The lowest BCUT2D eigenvalue weighted by Gasteiger charge is -2.58. The highest BCUT2D eigenvalue weighted by Gasteiger charge is 2.56. The van der Waals surface area contributed by atoms with Gasteiger partial charge in [-0.2, -0.15) is 0 Å². The standard InChI is InChI=1S/C21H51NO2Si3/c1-11-21(27(20-10,23-12-2)24-13-3)22(25(14-4,15-5)16-6)26(17-7,18-8)19-9/h21H,11-20H2,1-10H3. The first kappa shape index (κ1) is 27.5. The van der Waals surface area contributed by atoms with Crippen molar-refractivity contribution < 1.29 is 8.85 Å². The second kappa shape index (κ2) is 13.0. The van der Waals surface area contributed by atoms with Crippen molar-refractivity contribution in [3.05, 3.63) is 0 Å². The van der Waals surface area contributed by atoms with Gasteiger partial charge in [-0.1, -0.05) is 55.4 Å². The maximum atomic E-state index is 6.63. The summed E-state index contributed by atoms with van der Waals surface area (Å²) >= 11 is 0. The van der Waals surface area contributed by atoms with E-state index in [-0.39, 0.29) is 0 Å². The van der Waals surface area contributed by atoms with Crippen molar-refractivity contribution in [3.8, 4) is 0 Å². The molecule has 0 amide bonds. The highest BCUT2D eigenvalue weighted by molar-refractivity contribution is 6.94. The summed E-state index contributed by atoms with van der Waals surface area (Å²) in [4.78, 5) is 0. The van der Waals surface area contributed by atoms with Gasteiger partial charge in [0.25, 0.3) is 0 Å². The summed E-state index contributed by atoms with van der Waals surface area (Å²) < 4.78 is 16.5. The molecular weight excluding hydrogens is 382 g/mol. The van der Waals surface area contributed by atoms with Gasteiger partial charge in [-0.25, -0.2) is 0 Å². The van der Waals surface area contributed by atoms with E-state index >= 15 is 0 Å². The van der Waals surface area contributed by atoms with Crippen LogP contribution in [0.25, 0.3) is 0 Å². The molecular formula is C21H51NO2Si3. The average molecular weight is 434 g/mol. The Morgan fingerprint density at radius 1 is 0.556 bits per heavy atom. The monoisotopic (exact) mass is 433 g/mol. The van der Waals surface area contributed by atoms with Crippen molar-refractivity contribution >= 4 is 25.0 Å². The maximum Gasteiger partial charge on any atom is 0.354 e. The number of nitrogens with zero attached hydrogens (tertiary/aromatic N) is 1. The van der Waals surface area contributed by atoms with Gasteiger partial charge in [0.05, 0.1) is 0 Å². The predicted octanol–water partition coefficient (Wildman–Crippen LogP) is 7.15. The molecule has 0 rings (SSSR count). The Balaban J connectivity index is 6.75. The highest BCUT2D eigenvalue weighted by atomic mass is 28.4. The van der Waals surface area contributed by atoms with Crippen molar-refractivity contribution in [2.45, 2.75) is 124 Å². The van der Waals surface area contributed by atoms with Gasteiger partial charge in [0, 0.05) is 18.9 Å². The van der Waals surface area contributed by atoms with Crippen LogP contribution in [0.15, 0.2) is 0 Å². The van der Waals surface area contributed by atoms with Crippen LogP contribution < -0.4 is 0 Å². The molecule has 0 aliphatic rings. The molecule has 0 N–H and O–H groups in total. The lowest BCUT2D eigenvalue weighted by molar-refractivity contribution is 0.160. The number of hydrogen-bond donors (Lipinski definition) is 0. The lowest BCUT2D eigenvalue weighted by atomic mass is 10.5. The Hall–Kier alpha value is 0.531. The zero-order valence-electron chi connectivity index (χ0n) is 20.4. The third-order valence-electron chi connectivity index (χ3n) is 7.45. The van der Waals surface area contributed by atoms with Crippen molar-refractivity contribution in [3.63, 3.8) is 0 Å². The minimum Gasteiger partial charge on any atom is -0.394 e. The smallest absolute Gasteiger partial charge is 0.354 e. The lowest BCUT2D eigenvalue weighted by Crippen LogP contribution is -2.75. The Kier molecular flexibility index (Phi) is 13.2. The molecule has 27 heavy (non-hydrogen) atoms. The van der Waals surface area contributed by atoms with E-state index in [2.05, 4.69) is 73.5 Å². The van der Waals surface area contributed by atoms with Gasteiger partial charge in [0.15, 0.2) is 0 Å². The summed E-state index contributed by atoms with van der Waals surface area (Å²) in [6, 6.07) is 9.22. The predicted molar refractivity (Wildman–Crippen MR) is 130 cm³/mol. The molecule has 0 saturated carbocycles. The topological polar surface area (TPSA) is 21.7 Å². The summed E-state index contributed by atoms with van der Waals surface area (Å²) in [5, 5.41) is 0. The molecule has 3 nitrogen and oxygen atoms in total. The third kappa shape index (κ3) is 5.57. The van der Waals surface area contributed by atoms with E-state index in [9.17, 15) is 0 Å². The van der Waals surface area contributed by atoms with Gasteiger partial charge in [-0.3, -0.25) is 0 Å². The van der Waals surface area contributed by atoms with E-state index in [0.717, 1.165) is 19.3 Å². The summed E-state index contributed by atoms with van der Waals surface area (Å²) in [6.07, 6.45) is 1.17. The molecule has 0 saturated heterocycles. The van der Waals surface area contributed by atoms with Gasteiger partial charge in [0.1, 0.15) is 16.5 Å². The minimum atomic E-state index is -2.28. The minimum absolute atomic E-state index is 0.514. The molecule has 0 bridgehead atoms. The van der Waals surface area contributed by atoms with E-state index in [0.29, 0.717) is 5.67 Å². The van der Waals surface area contributed by atoms with Crippen LogP contribution in [0, 0.1) is 0 Å². The fraction of sp³-hybridized carbons (Fsp3) is 1.00. The molecule has 0 aromatic rings. The van der Waals surface area contributed by atoms with E-state index in [4.69, 9.17) is 8.85 Å². The van der Waals surface area contributed by atoms with Gasteiger partial charge in [-0.15, -0.1) is 0 Å². The van der Waals surface area contributed by atoms with E-state index in [1.54, 1.807) is 0 Å². The fourth-order valence-electron chi connectivity index (χ4n) is 5.54. The second-order valence-electron chi connectivity index (χ2n) is 7.90. The van der Waals surface area contributed by atoms with E-state index < -0.39 is 25.0 Å². The largest absolute Gasteiger partial charge is 0.394 e. The van der Waals surface area contributed by atoms with Crippen molar-refractivity contribution in [1.29, 1.82) is 0 Å². The van der Waals surface area contributed by atoms with Crippen molar-refractivity contribution in [2.24, 2.45) is 0 Å². The molecule has 1 atom stereocenters. The van der Waals surface area contributed by atoms with E-state index in [1.165, 1.54) is 42.7 Å². The second-order valence-corrected chi connectivity index (χ2v) is 22.0. The zero-order valence-corrected chi connectivity index (χ0v) is 23.4. The summed E-state index contributed by atoms with van der Waals surface area (Å²) in [5.41, 5.74) is 0.514. The van der Waals surface area contributed by atoms with Crippen molar-refractivity contribution in [2.75, 3.05) is 13.2 Å². The Morgan fingerprint density at radius 2 is 0.889 bits per heavy atom. The number of hydrogen-bond acceptors (Lipinski definition) is 3. The van der Waals surface area contributed by atoms with Crippen molar-refractivity contribution in [1.82, 2.24) is 4.23 Å².